The second-order valence-corrected chi connectivity index (χ2v) is 9.41. The van der Waals surface area contributed by atoms with Crippen LogP contribution >= 0.6 is 0 Å². The molecular formula is C24H23N3O4S. The van der Waals surface area contributed by atoms with Gasteiger partial charge in [0.25, 0.3) is 16.0 Å². The fourth-order valence-electron chi connectivity index (χ4n) is 4.15. The first-order chi connectivity index (χ1) is 15.5. The maximum atomic E-state index is 12.6. The highest BCUT2D eigenvalue weighted by molar-refractivity contribution is 7.92. The lowest BCUT2D eigenvalue weighted by Gasteiger charge is -2.23. The minimum atomic E-state index is -3.65. The summed E-state index contributed by atoms with van der Waals surface area (Å²) < 4.78 is 39.2. The number of hydrogen-bond donors (Lipinski definition) is 2. The molecule has 164 valence electrons. The molecule has 2 aliphatic rings. The normalized spacial score (nSPS) is 18.3. The number of hydrogen-bond acceptors (Lipinski definition) is 5. The van der Waals surface area contributed by atoms with Gasteiger partial charge in [-0.05, 0) is 54.8 Å². The highest BCUT2D eigenvalue weighted by Gasteiger charge is 2.27. The van der Waals surface area contributed by atoms with E-state index in [9.17, 15) is 8.42 Å². The molecule has 1 unspecified atom stereocenters. The molecule has 0 saturated heterocycles. The Balaban J connectivity index is 1.34. The number of benzene rings is 3. The van der Waals surface area contributed by atoms with E-state index in [1.165, 1.54) is 5.56 Å². The van der Waals surface area contributed by atoms with Gasteiger partial charge in [-0.25, -0.2) is 13.4 Å². The lowest BCUT2D eigenvalue weighted by Crippen LogP contribution is -2.23. The molecule has 1 atom stereocenters. The molecule has 0 bridgehead atoms. The number of nitrogens with zero attached hydrogens (tertiary/aromatic N) is 1. The topological polar surface area (TPSA) is 89.0 Å². The molecule has 2 N–H and O–H groups in total. The second-order valence-electron chi connectivity index (χ2n) is 7.73. The van der Waals surface area contributed by atoms with Gasteiger partial charge in [-0.2, -0.15) is 0 Å². The molecule has 32 heavy (non-hydrogen) atoms. The summed E-state index contributed by atoms with van der Waals surface area (Å²) >= 11 is 0. The van der Waals surface area contributed by atoms with Gasteiger partial charge >= 0.3 is 0 Å². The summed E-state index contributed by atoms with van der Waals surface area (Å²) in [5, 5.41) is 3.22. The van der Waals surface area contributed by atoms with Crippen LogP contribution in [0.25, 0.3) is 0 Å². The van der Waals surface area contributed by atoms with Crippen molar-refractivity contribution in [2.75, 3.05) is 17.1 Å². The van der Waals surface area contributed by atoms with Crippen molar-refractivity contribution in [1.82, 2.24) is 0 Å². The van der Waals surface area contributed by atoms with Crippen molar-refractivity contribution in [3.8, 4) is 5.75 Å². The zero-order valence-corrected chi connectivity index (χ0v) is 18.4. The molecule has 5 rings (SSSR count). The quantitative estimate of drug-likeness (QED) is 0.600. The van der Waals surface area contributed by atoms with Crippen molar-refractivity contribution in [1.29, 1.82) is 0 Å². The van der Waals surface area contributed by atoms with Gasteiger partial charge in [-0.15, -0.1) is 0 Å². The van der Waals surface area contributed by atoms with E-state index >= 15 is 0 Å². The van der Waals surface area contributed by atoms with Crippen LogP contribution in [-0.4, -0.2) is 21.5 Å². The third-order valence-corrected chi connectivity index (χ3v) is 7.08. The second kappa shape index (κ2) is 8.20. The SMILES string of the molecule is COc1cccc2c1C(N=C1Nc3ccc(NS(=O)(=O)c4ccccc4)cc3CO1)CC2. The molecule has 3 aromatic rings. The van der Waals surface area contributed by atoms with Crippen LogP contribution in [0.1, 0.15) is 29.2 Å². The third kappa shape index (κ3) is 3.89. The van der Waals surface area contributed by atoms with E-state index < -0.39 is 10.0 Å². The van der Waals surface area contributed by atoms with Gasteiger partial charge in [-0.3, -0.25) is 4.72 Å². The van der Waals surface area contributed by atoms with Crippen molar-refractivity contribution >= 4 is 27.4 Å². The van der Waals surface area contributed by atoms with Crippen molar-refractivity contribution in [3.63, 3.8) is 0 Å². The maximum Gasteiger partial charge on any atom is 0.290 e. The van der Waals surface area contributed by atoms with E-state index in [-0.39, 0.29) is 10.9 Å². The number of aliphatic imine (C=N–C) groups is 1. The Kier molecular flexibility index (Phi) is 5.22. The van der Waals surface area contributed by atoms with Gasteiger partial charge < -0.3 is 14.8 Å². The van der Waals surface area contributed by atoms with Gasteiger partial charge in [0.1, 0.15) is 12.4 Å². The van der Waals surface area contributed by atoms with Crippen LogP contribution in [0.5, 0.6) is 5.75 Å². The molecule has 1 heterocycles. The van der Waals surface area contributed by atoms with Crippen LogP contribution in [0, 0.1) is 0 Å². The van der Waals surface area contributed by atoms with Gasteiger partial charge in [0.2, 0.25) is 0 Å². The number of aryl methyl sites for hydroxylation is 1. The van der Waals surface area contributed by atoms with E-state index in [4.69, 9.17) is 14.5 Å². The standard InChI is InChI=1S/C24H23N3O4S/c1-30-22-9-5-6-16-10-12-21(23(16)22)26-24-25-20-13-11-18(14-17(20)15-31-24)27-32(28,29)19-7-3-2-4-8-19/h2-9,11,13-14,21,27H,10,12,15H2,1H3,(H,25,26). The lowest BCUT2D eigenvalue weighted by molar-refractivity contribution is 0.282. The predicted molar refractivity (Wildman–Crippen MR) is 124 cm³/mol. The Morgan fingerprint density at radius 1 is 1.06 bits per heavy atom. The molecular weight excluding hydrogens is 426 g/mol. The van der Waals surface area contributed by atoms with Crippen molar-refractivity contribution in [2.24, 2.45) is 4.99 Å². The molecule has 1 aliphatic heterocycles. The first-order valence-corrected chi connectivity index (χ1v) is 11.9. The van der Waals surface area contributed by atoms with E-state index in [1.807, 2.05) is 18.2 Å². The minimum absolute atomic E-state index is 0.0258. The number of amidine groups is 1. The largest absolute Gasteiger partial charge is 0.496 e. The van der Waals surface area contributed by atoms with Crippen LogP contribution in [0.4, 0.5) is 11.4 Å². The summed E-state index contributed by atoms with van der Waals surface area (Å²) in [5.41, 5.74) is 4.54. The van der Waals surface area contributed by atoms with Crippen molar-refractivity contribution < 1.29 is 17.9 Å². The van der Waals surface area contributed by atoms with Crippen LogP contribution < -0.4 is 14.8 Å². The van der Waals surface area contributed by atoms with Gasteiger partial charge in [0.15, 0.2) is 0 Å². The molecule has 7 nitrogen and oxygen atoms in total. The Labute approximate surface area is 187 Å². The first kappa shape index (κ1) is 20.4. The first-order valence-electron chi connectivity index (χ1n) is 10.4. The summed E-state index contributed by atoms with van der Waals surface area (Å²) in [6, 6.07) is 20.1. The summed E-state index contributed by atoms with van der Waals surface area (Å²) in [4.78, 5) is 5.01. The molecule has 0 radical (unpaired) electrons. The highest BCUT2D eigenvalue weighted by atomic mass is 32.2. The smallest absolute Gasteiger partial charge is 0.290 e. The van der Waals surface area contributed by atoms with Gasteiger partial charge in [0.05, 0.1) is 18.0 Å². The van der Waals surface area contributed by atoms with E-state index in [0.29, 0.717) is 18.3 Å². The van der Waals surface area contributed by atoms with E-state index in [0.717, 1.165) is 35.4 Å². The highest BCUT2D eigenvalue weighted by Crippen LogP contribution is 2.40. The third-order valence-electron chi connectivity index (χ3n) is 5.69. The Morgan fingerprint density at radius 2 is 1.91 bits per heavy atom. The lowest BCUT2D eigenvalue weighted by atomic mass is 10.1. The molecule has 0 amide bonds. The molecule has 3 aromatic carbocycles. The number of ether oxygens (including phenoxy) is 2. The maximum absolute atomic E-state index is 12.6. The van der Waals surface area contributed by atoms with E-state index in [1.54, 1.807) is 49.6 Å². The summed E-state index contributed by atoms with van der Waals surface area (Å²) in [7, 11) is -1.97. The summed E-state index contributed by atoms with van der Waals surface area (Å²) in [5.74, 6) is 0.848. The molecule has 0 spiro atoms. The zero-order valence-electron chi connectivity index (χ0n) is 17.5. The number of nitrogens with one attached hydrogen (secondary N) is 2. The number of rotatable bonds is 5. The minimum Gasteiger partial charge on any atom is -0.496 e. The average Bonchev–Trinajstić information content (AvgIpc) is 3.22. The molecule has 0 fully saturated rings. The number of sulfonamides is 1. The van der Waals surface area contributed by atoms with Crippen LogP contribution in [-0.2, 0) is 27.8 Å². The molecule has 1 aliphatic carbocycles. The average molecular weight is 450 g/mol. The zero-order chi connectivity index (χ0) is 22.1. The fraction of sp³-hybridized carbons (Fsp3) is 0.208. The summed E-state index contributed by atoms with van der Waals surface area (Å²) in [6.07, 6.45) is 1.85. The van der Waals surface area contributed by atoms with E-state index in [2.05, 4.69) is 16.1 Å². The van der Waals surface area contributed by atoms with Crippen molar-refractivity contribution in [2.45, 2.75) is 30.4 Å². The Bertz CT molecular complexity index is 1290. The fourth-order valence-corrected chi connectivity index (χ4v) is 5.22. The van der Waals surface area contributed by atoms with Crippen molar-refractivity contribution in [3.05, 3.63) is 83.4 Å². The number of anilines is 2. The molecule has 0 saturated carbocycles. The van der Waals surface area contributed by atoms with Gasteiger partial charge in [-0.1, -0.05) is 30.3 Å². The predicted octanol–water partition coefficient (Wildman–Crippen LogP) is 4.48. The van der Waals surface area contributed by atoms with Crippen LogP contribution in [0.15, 0.2) is 76.6 Å². The number of fused-ring (bicyclic) bond motifs is 2. The Morgan fingerprint density at radius 3 is 2.72 bits per heavy atom. The monoisotopic (exact) mass is 449 g/mol. The molecule has 0 aromatic heterocycles. The summed E-state index contributed by atoms with van der Waals surface area (Å²) in [6.45, 7) is 0.299. The van der Waals surface area contributed by atoms with Crippen LogP contribution in [0.3, 0.4) is 0 Å². The number of methoxy groups -OCH3 is 1. The Hall–Kier alpha value is -3.52. The van der Waals surface area contributed by atoms with Crippen LogP contribution in [0.2, 0.25) is 0 Å². The van der Waals surface area contributed by atoms with Gasteiger partial charge in [0, 0.05) is 22.5 Å². The molecule has 8 heteroatoms.